The number of fused-ring (bicyclic) bond motifs is 3. The number of nitrogens with one attached hydrogen (secondary N) is 1. The van der Waals surface area contributed by atoms with E-state index in [4.69, 9.17) is 5.10 Å². The molecule has 0 saturated heterocycles. The summed E-state index contributed by atoms with van der Waals surface area (Å²) in [6, 6.07) is 9.54. The van der Waals surface area contributed by atoms with Crippen LogP contribution in [0.2, 0.25) is 0 Å². The van der Waals surface area contributed by atoms with Crippen LogP contribution in [0.25, 0.3) is 43.5 Å². The van der Waals surface area contributed by atoms with Crippen molar-refractivity contribution >= 4 is 38.4 Å². The first-order valence-electron chi connectivity index (χ1n) is 12.2. The molecule has 5 aromatic rings. The number of benzene rings is 1. The molecule has 188 valence electrons. The Morgan fingerprint density at radius 3 is 2.95 bits per heavy atom. The number of aryl methyl sites for hydroxylation is 1. The molecule has 6 rings (SSSR count). The second-order valence-electron chi connectivity index (χ2n) is 9.67. The highest BCUT2D eigenvalue weighted by atomic mass is 32.1. The second kappa shape index (κ2) is 9.24. The first-order valence-corrected chi connectivity index (χ1v) is 13.0. The van der Waals surface area contributed by atoms with E-state index >= 15 is 0 Å². The van der Waals surface area contributed by atoms with Crippen LogP contribution in [0.15, 0.2) is 54.9 Å². The standard InChI is InChI=1S/C28H27FN6OS/c1-17-15-31-28-25(17)20(8-9-30-28)26-21-16-34(24(36)5-4-10-33(2)3)11-12-35(21)32-27(26)19-7-6-18-14-23(29)37-22(18)13-19/h4-9,13-15H,10-12,16H2,1-3H3,(H,30,31)/b5-4+. The zero-order chi connectivity index (χ0) is 25.7. The third-order valence-corrected chi connectivity index (χ3v) is 7.71. The Kier molecular flexibility index (Phi) is 5.89. The molecule has 0 bridgehead atoms. The van der Waals surface area contributed by atoms with E-state index in [1.165, 1.54) is 0 Å². The summed E-state index contributed by atoms with van der Waals surface area (Å²) in [4.78, 5) is 24.7. The minimum atomic E-state index is -0.202. The van der Waals surface area contributed by atoms with E-state index in [1.54, 1.807) is 18.3 Å². The Balaban J connectivity index is 1.50. The largest absolute Gasteiger partial charge is 0.346 e. The van der Waals surface area contributed by atoms with Gasteiger partial charge in [-0.05, 0) is 55.7 Å². The molecule has 1 amide bonds. The number of hydrogen-bond donors (Lipinski definition) is 1. The molecule has 0 spiro atoms. The number of halogens is 1. The van der Waals surface area contributed by atoms with Crippen LogP contribution < -0.4 is 0 Å². The molecular formula is C28H27FN6OS. The van der Waals surface area contributed by atoms with Gasteiger partial charge in [-0.3, -0.25) is 9.48 Å². The molecule has 0 atom stereocenters. The third-order valence-electron chi connectivity index (χ3n) is 6.83. The SMILES string of the molecule is Cc1c[nH]c2nccc(-c3c(-c4ccc5cc(F)sc5c4)nn4c3CN(C(=O)/C=C/CN(C)C)CC4)c12. The summed E-state index contributed by atoms with van der Waals surface area (Å²) in [5, 5.41) is 6.76. The van der Waals surface area contributed by atoms with Crippen molar-refractivity contribution in [2.24, 2.45) is 0 Å². The maximum atomic E-state index is 14.0. The van der Waals surface area contributed by atoms with E-state index in [-0.39, 0.29) is 11.0 Å². The van der Waals surface area contributed by atoms with Gasteiger partial charge in [-0.1, -0.05) is 18.2 Å². The molecule has 1 aromatic carbocycles. The molecule has 0 fully saturated rings. The van der Waals surface area contributed by atoms with Crippen molar-refractivity contribution in [3.8, 4) is 22.4 Å². The molecule has 0 aliphatic carbocycles. The molecule has 5 heterocycles. The van der Waals surface area contributed by atoms with Gasteiger partial charge in [0.25, 0.3) is 0 Å². The number of carbonyl (C=O) groups is 1. The minimum absolute atomic E-state index is 0.00465. The van der Waals surface area contributed by atoms with Crippen molar-refractivity contribution in [2.45, 2.75) is 20.0 Å². The Labute approximate surface area is 217 Å². The van der Waals surface area contributed by atoms with Crippen LogP contribution in [-0.4, -0.2) is 62.6 Å². The predicted octanol–water partition coefficient (Wildman–Crippen LogP) is 5.22. The fraction of sp³-hybridized carbons (Fsp3) is 0.250. The van der Waals surface area contributed by atoms with Crippen molar-refractivity contribution in [1.82, 2.24) is 29.5 Å². The molecule has 1 aliphatic heterocycles. The van der Waals surface area contributed by atoms with E-state index in [2.05, 4.69) is 16.9 Å². The van der Waals surface area contributed by atoms with Crippen LogP contribution in [0.4, 0.5) is 4.39 Å². The van der Waals surface area contributed by atoms with Gasteiger partial charge in [0, 0.05) is 52.8 Å². The van der Waals surface area contributed by atoms with Crippen LogP contribution in [0.1, 0.15) is 11.3 Å². The van der Waals surface area contributed by atoms with E-state index in [9.17, 15) is 9.18 Å². The summed E-state index contributed by atoms with van der Waals surface area (Å²) in [6.07, 6.45) is 7.32. The second-order valence-corrected chi connectivity index (χ2v) is 10.7. The van der Waals surface area contributed by atoms with E-state index < -0.39 is 0 Å². The smallest absolute Gasteiger partial charge is 0.246 e. The fourth-order valence-electron chi connectivity index (χ4n) is 5.03. The van der Waals surface area contributed by atoms with E-state index in [1.807, 2.05) is 65.1 Å². The summed E-state index contributed by atoms with van der Waals surface area (Å²) in [5.74, 6) is -0.00465. The van der Waals surface area contributed by atoms with E-state index in [0.717, 1.165) is 66.1 Å². The average Bonchev–Trinajstić information content (AvgIpc) is 3.56. The number of hydrogen-bond acceptors (Lipinski definition) is 5. The summed E-state index contributed by atoms with van der Waals surface area (Å²) in [5.41, 5.74) is 6.66. The first-order chi connectivity index (χ1) is 17.9. The number of likely N-dealkylation sites (N-methyl/N-ethyl adjacent to an activating group) is 1. The van der Waals surface area contributed by atoms with Gasteiger partial charge in [-0.25, -0.2) is 4.98 Å². The molecular weight excluding hydrogens is 487 g/mol. The number of thiophene rings is 1. The summed E-state index contributed by atoms with van der Waals surface area (Å²) >= 11 is 1.14. The topological polar surface area (TPSA) is 70.0 Å². The van der Waals surface area contributed by atoms with Crippen LogP contribution in [0.3, 0.4) is 0 Å². The predicted molar refractivity (Wildman–Crippen MR) is 146 cm³/mol. The molecule has 9 heteroatoms. The van der Waals surface area contributed by atoms with Crippen molar-refractivity contribution < 1.29 is 9.18 Å². The molecule has 4 aromatic heterocycles. The van der Waals surface area contributed by atoms with Crippen LogP contribution in [-0.2, 0) is 17.9 Å². The Morgan fingerprint density at radius 1 is 1.24 bits per heavy atom. The van der Waals surface area contributed by atoms with Crippen LogP contribution in [0.5, 0.6) is 0 Å². The first kappa shape index (κ1) is 23.6. The van der Waals surface area contributed by atoms with Crippen molar-refractivity contribution in [3.05, 3.63) is 71.3 Å². The monoisotopic (exact) mass is 514 g/mol. The van der Waals surface area contributed by atoms with Gasteiger partial charge in [0.05, 0.1) is 18.8 Å². The van der Waals surface area contributed by atoms with Crippen LogP contribution >= 0.6 is 11.3 Å². The molecule has 1 aliphatic rings. The molecule has 7 nitrogen and oxygen atoms in total. The number of nitrogens with zero attached hydrogens (tertiary/aromatic N) is 5. The van der Waals surface area contributed by atoms with Gasteiger partial charge >= 0.3 is 0 Å². The minimum Gasteiger partial charge on any atom is -0.346 e. The van der Waals surface area contributed by atoms with Crippen molar-refractivity contribution in [2.75, 3.05) is 27.2 Å². The van der Waals surface area contributed by atoms with Gasteiger partial charge in [0.1, 0.15) is 11.3 Å². The Morgan fingerprint density at radius 2 is 2.11 bits per heavy atom. The number of rotatable bonds is 5. The lowest BCUT2D eigenvalue weighted by Gasteiger charge is -2.27. The number of aromatic amines is 1. The fourth-order valence-corrected chi connectivity index (χ4v) is 5.86. The highest BCUT2D eigenvalue weighted by Gasteiger charge is 2.29. The zero-order valence-electron chi connectivity index (χ0n) is 21.0. The van der Waals surface area contributed by atoms with Crippen molar-refractivity contribution in [3.63, 3.8) is 0 Å². The maximum absolute atomic E-state index is 14.0. The lowest BCUT2D eigenvalue weighted by atomic mass is 9.95. The van der Waals surface area contributed by atoms with Gasteiger partial charge in [0.15, 0.2) is 5.13 Å². The van der Waals surface area contributed by atoms with E-state index in [0.29, 0.717) is 26.2 Å². The lowest BCUT2D eigenvalue weighted by Crippen LogP contribution is -2.37. The van der Waals surface area contributed by atoms with Crippen LogP contribution in [0, 0.1) is 12.1 Å². The molecule has 37 heavy (non-hydrogen) atoms. The van der Waals surface area contributed by atoms with Gasteiger partial charge < -0.3 is 14.8 Å². The normalized spacial score (nSPS) is 13.9. The highest BCUT2D eigenvalue weighted by Crippen LogP contribution is 2.41. The molecule has 0 radical (unpaired) electrons. The number of pyridine rings is 1. The summed E-state index contributed by atoms with van der Waals surface area (Å²) in [6.45, 7) is 4.41. The average molecular weight is 515 g/mol. The molecule has 0 unspecified atom stereocenters. The van der Waals surface area contributed by atoms with Crippen molar-refractivity contribution in [1.29, 1.82) is 0 Å². The Hall–Kier alpha value is -3.82. The highest BCUT2D eigenvalue weighted by molar-refractivity contribution is 7.17. The maximum Gasteiger partial charge on any atom is 0.246 e. The van der Waals surface area contributed by atoms with Gasteiger partial charge in [-0.2, -0.15) is 9.49 Å². The molecule has 1 N–H and O–H groups in total. The quantitative estimate of drug-likeness (QED) is 0.327. The molecule has 0 saturated carbocycles. The third kappa shape index (κ3) is 4.24. The van der Waals surface area contributed by atoms with Gasteiger partial charge in [-0.15, -0.1) is 11.3 Å². The summed E-state index contributed by atoms with van der Waals surface area (Å²) in [7, 11) is 3.95. The summed E-state index contributed by atoms with van der Waals surface area (Å²) < 4.78 is 16.9. The lowest BCUT2D eigenvalue weighted by molar-refractivity contribution is -0.127. The number of amides is 1. The zero-order valence-corrected chi connectivity index (χ0v) is 21.8. The number of aromatic nitrogens is 4. The van der Waals surface area contributed by atoms with Gasteiger partial charge in [0.2, 0.25) is 5.91 Å². The number of carbonyl (C=O) groups excluding carboxylic acids is 1. The number of H-pyrrole nitrogens is 1. The Bertz CT molecular complexity index is 1680.